The quantitative estimate of drug-likeness (QED) is 0.0366. The second kappa shape index (κ2) is 68.9. The first-order valence-electron chi connectivity index (χ1n) is 36.3. The molecule has 0 bridgehead atoms. The zero-order valence-electron chi connectivity index (χ0n) is 53.4. The van der Waals surface area contributed by atoms with Crippen molar-refractivity contribution in [1.29, 1.82) is 0 Å². The van der Waals surface area contributed by atoms with Crippen LogP contribution in [0.4, 0.5) is 0 Å². The highest BCUT2D eigenvalue weighted by atomic mass is 32.3. The molecule has 1 atom stereocenters. The molecule has 0 aromatic rings. The smallest absolute Gasteiger partial charge is 0.116 e. The lowest BCUT2D eigenvalue weighted by molar-refractivity contribution is 0.530. The number of hydrogen-bond acceptors (Lipinski definition) is 4. The molecule has 0 aromatic carbocycles. The summed E-state index contributed by atoms with van der Waals surface area (Å²) in [5, 5.41) is 0.668. The molecule has 0 aliphatic rings. The van der Waals surface area contributed by atoms with Crippen molar-refractivity contribution >= 4 is 47.9 Å². The van der Waals surface area contributed by atoms with Gasteiger partial charge in [0.25, 0.3) is 0 Å². The Bertz CT molecular complexity index is 963. The molecule has 0 aliphatic heterocycles. The second-order valence-electron chi connectivity index (χ2n) is 25.0. The minimum atomic E-state index is 0.0568. The largest absolute Gasteiger partial charge is 0.155 e. The molecule has 76 heavy (non-hydrogen) atoms. The molecule has 4 heteroatoms. The van der Waals surface area contributed by atoms with Gasteiger partial charge in [-0.2, -0.15) is 11.8 Å². The molecule has 0 aliphatic carbocycles. The van der Waals surface area contributed by atoms with Gasteiger partial charge in [-0.05, 0) is 42.9 Å². The van der Waals surface area contributed by atoms with Crippen LogP contribution in [0.15, 0.2) is 0 Å². The van der Waals surface area contributed by atoms with E-state index < -0.39 is 0 Å². The summed E-state index contributed by atoms with van der Waals surface area (Å²) in [6.45, 7) is 9.31. The lowest BCUT2D eigenvalue weighted by atomic mass is 10.0. The molecule has 0 aromatic heterocycles. The number of hydrogen-bond donors (Lipinski definition) is 1. The Morgan fingerprint density at radius 3 is 0.566 bits per heavy atom. The van der Waals surface area contributed by atoms with E-state index in [4.69, 9.17) is 12.6 Å². The summed E-state index contributed by atoms with van der Waals surface area (Å²) in [5.74, 6) is 3.97. The Balaban J connectivity index is 5.03. The fourth-order valence-electron chi connectivity index (χ4n) is 11.7. The van der Waals surface area contributed by atoms with Crippen LogP contribution in [0.25, 0.3) is 0 Å². The molecule has 0 nitrogen and oxygen atoms in total. The molecule has 0 N–H and O–H groups in total. The minimum absolute atomic E-state index is 0.0568. The first-order chi connectivity index (χ1) is 37.6. The molecule has 1 unspecified atom stereocenters. The highest BCUT2D eigenvalue weighted by molar-refractivity contribution is 8.30. The van der Waals surface area contributed by atoms with E-state index in [9.17, 15) is 0 Å². The van der Waals surface area contributed by atoms with E-state index in [1.165, 1.54) is 422 Å². The SMILES string of the molecule is CCCCCCCCCCCCCCCCCCSC(CCCCCCCCCCCCCCCC)C(S)(SCCCCCCCCCCCCCCCCCC)SCCCCCCCCCCCCCCCCCC. The van der Waals surface area contributed by atoms with Gasteiger partial charge in [0.2, 0.25) is 0 Å². The standard InChI is InChI=1S/C72H146S4/c1-5-9-13-17-21-25-29-33-37-40-44-48-52-56-60-64-68-74-71(67-63-59-55-51-47-43-36-32-28-24-20-16-12-8-4)72(73,75-69-65-61-57-53-49-45-41-38-34-30-26-22-18-14-10-6-2)76-70-66-62-58-54-50-46-42-39-35-31-27-23-19-15-11-7-3/h71,73H,5-70H2,1-4H3. The monoisotopic (exact) mass is 1140 g/mol. The third-order valence-electron chi connectivity index (χ3n) is 17.2. The predicted molar refractivity (Wildman–Crippen MR) is 366 cm³/mol. The number of unbranched alkanes of at least 4 members (excludes halogenated alkanes) is 58. The van der Waals surface area contributed by atoms with Gasteiger partial charge in [-0.15, -0.1) is 36.2 Å². The van der Waals surface area contributed by atoms with E-state index in [2.05, 4.69) is 63.0 Å². The van der Waals surface area contributed by atoms with Crippen molar-refractivity contribution < 1.29 is 0 Å². The average molecular weight is 1140 g/mol. The maximum atomic E-state index is 5.84. The van der Waals surface area contributed by atoms with Gasteiger partial charge in [0.15, 0.2) is 0 Å². The average Bonchev–Trinajstić information content (AvgIpc) is 3.42. The maximum absolute atomic E-state index is 5.84. The van der Waals surface area contributed by atoms with Crippen molar-refractivity contribution in [2.45, 2.75) is 441 Å². The highest BCUT2D eigenvalue weighted by Gasteiger charge is 2.36. The molecule has 0 saturated carbocycles. The third-order valence-corrected chi connectivity index (χ3v) is 23.3. The highest BCUT2D eigenvalue weighted by Crippen LogP contribution is 2.51. The van der Waals surface area contributed by atoms with Crippen molar-refractivity contribution in [3.63, 3.8) is 0 Å². The molecule has 0 amide bonds. The first kappa shape index (κ1) is 77.4. The second-order valence-corrected chi connectivity index (χ2v) is 30.5. The summed E-state index contributed by atoms with van der Waals surface area (Å²) in [5.41, 5.74) is 0. The van der Waals surface area contributed by atoms with Crippen LogP contribution in [0.5, 0.6) is 0 Å². The summed E-state index contributed by atoms with van der Waals surface area (Å²) < 4.78 is 0.0568. The van der Waals surface area contributed by atoms with E-state index in [0.29, 0.717) is 5.25 Å². The van der Waals surface area contributed by atoms with Gasteiger partial charge >= 0.3 is 0 Å². The zero-order chi connectivity index (χ0) is 54.9. The summed E-state index contributed by atoms with van der Waals surface area (Å²) >= 11 is 12.8. The Kier molecular flexibility index (Phi) is 70.2. The Morgan fingerprint density at radius 2 is 0.368 bits per heavy atom. The third kappa shape index (κ3) is 61.5. The lowest BCUT2D eigenvalue weighted by Gasteiger charge is -2.36. The molecular formula is C72H146S4. The molecule has 0 radical (unpaired) electrons. The predicted octanol–water partition coefficient (Wildman–Crippen LogP) is 28.8. The Morgan fingerprint density at radius 1 is 0.211 bits per heavy atom. The van der Waals surface area contributed by atoms with Gasteiger partial charge in [0, 0.05) is 5.25 Å². The van der Waals surface area contributed by atoms with Gasteiger partial charge < -0.3 is 0 Å². The van der Waals surface area contributed by atoms with Crippen molar-refractivity contribution in [3.05, 3.63) is 0 Å². The zero-order valence-corrected chi connectivity index (χ0v) is 56.8. The fourth-order valence-corrected chi connectivity index (χ4v) is 17.4. The van der Waals surface area contributed by atoms with E-state index in [1.54, 1.807) is 0 Å². The van der Waals surface area contributed by atoms with Crippen LogP contribution in [-0.2, 0) is 0 Å². The Hall–Kier alpha value is 1.40. The number of rotatable bonds is 70. The van der Waals surface area contributed by atoms with Crippen molar-refractivity contribution in [1.82, 2.24) is 0 Å². The van der Waals surface area contributed by atoms with E-state index in [1.807, 2.05) is 0 Å². The molecular weight excluding hydrogens is 993 g/mol. The van der Waals surface area contributed by atoms with E-state index in [0.717, 1.165) is 0 Å². The van der Waals surface area contributed by atoms with E-state index in [-0.39, 0.29) is 3.41 Å². The van der Waals surface area contributed by atoms with E-state index >= 15 is 0 Å². The lowest BCUT2D eigenvalue weighted by Crippen LogP contribution is -2.29. The molecule has 0 spiro atoms. The molecule has 0 saturated heterocycles. The number of thiol groups is 1. The summed E-state index contributed by atoms with van der Waals surface area (Å²) in [4.78, 5) is 0. The van der Waals surface area contributed by atoms with Crippen LogP contribution >= 0.6 is 47.9 Å². The molecule has 458 valence electrons. The van der Waals surface area contributed by atoms with Gasteiger partial charge in [-0.1, -0.05) is 407 Å². The van der Waals surface area contributed by atoms with Crippen molar-refractivity contribution in [2.75, 3.05) is 17.3 Å². The topological polar surface area (TPSA) is 0 Å². The molecule has 0 heterocycles. The summed E-state index contributed by atoms with van der Waals surface area (Å²) in [6, 6.07) is 0. The van der Waals surface area contributed by atoms with Crippen LogP contribution in [0.2, 0.25) is 0 Å². The summed E-state index contributed by atoms with van der Waals surface area (Å²) in [7, 11) is 0. The first-order valence-corrected chi connectivity index (χ1v) is 39.7. The molecule has 0 rings (SSSR count). The van der Waals surface area contributed by atoms with Gasteiger partial charge in [0.1, 0.15) is 3.41 Å². The normalized spacial score (nSPS) is 12.4. The fraction of sp³-hybridized carbons (Fsp3) is 1.00. The van der Waals surface area contributed by atoms with Crippen LogP contribution in [0, 0.1) is 0 Å². The Labute approximate surface area is 502 Å². The van der Waals surface area contributed by atoms with Gasteiger partial charge in [-0.25, -0.2) is 0 Å². The number of thioether (sulfide) groups is 3. The van der Waals surface area contributed by atoms with Crippen molar-refractivity contribution in [2.24, 2.45) is 0 Å². The van der Waals surface area contributed by atoms with Gasteiger partial charge in [0.05, 0.1) is 0 Å². The minimum Gasteiger partial charge on any atom is -0.155 e. The summed E-state index contributed by atoms with van der Waals surface area (Å²) in [6.07, 6.45) is 91.5. The van der Waals surface area contributed by atoms with Crippen LogP contribution in [-0.4, -0.2) is 25.9 Å². The van der Waals surface area contributed by atoms with Crippen molar-refractivity contribution in [3.8, 4) is 0 Å². The molecule has 0 fully saturated rings. The van der Waals surface area contributed by atoms with Crippen LogP contribution in [0.3, 0.4) is 0 Å². The van der Waals surface area contributed by atoms with Crippen LogP contribution in [0.1, 0.15) is 432 Å². The van der Waals surface area contributed by atoms with Crippen LogP contribution < -0.4 is 0 Å². The maximum Gasteiger partial charge on any atom is 0.116 e. The van der Waals surface area contributed by atoms with Gasteiger partial charge in [-0.3, -0.25) is 0 Å².